The van der Waals surface area contributed by atoms with E-state index in [-0.39, 0.29) is 0 Å². The average Bonchev–Trinajstić information content (AvgIpc) is 2.38. The summed E-state index contributed by atoms with van der Waals surface area (Å²) in [4.78, 5) is 7.42. The van der Waals surface area contributed by atoms with Gasteiger partial charge in [-0.05, 0) is 32.2 Å². The standard InChI is InChI=1S/C17H35N3/c1-14(2)17(5)19(7)9-8-15(3)12-20-11-10-18(6)13-16(20)4/h14-16H,5,8-13H2,1-4,6-7H3. The van der Waals surface area contributed by atoms with Gasteiger partial charge in [-0.3, -0.25) is 4.90 Å². The highest BCUT2D eigenvalue weighted by atomic mass is 15.3. The van der Waals surface area contributed by atoms with E-state index in [9.17, 15) is 0 Å². The van der Waals surface area contributed by atoms with Crippen LogP contribution in [0.15, 0.2) is 12.3 Å². The lowest BCUT2D eigenvalue weighted by Crippen LogP contribution is -2.51. The molecule has 0 aliphatic carbocycles. The largest absolute Gasteiger partial charge is 0.378 e. The second kappa shape index (κ2) is 8.04. The first-order valence-corrected chi connectivity index (χ1v) is 8.13. The highest BCUT2D eigenvalue weighted by molar-refractivity contribution is 4.95. The molecular formula is C17H35N3. The van der Waals surface area contributed by atoms with Crippen molar-refractivity contribution in [3.05, 3.63) is 12.3 Å². The Morgan fingerprint density at radius 3 is 2.50 bits per heavy atom. The van der Waals surface area contributed by atoms with Gasteiger partial charge in [0.2, 0.25) is 0 Å². The van der Waals surface area contributed by atoms with Crippen LogP contribution >= 0.6 is 0 Å². The van der Waals surface area contributed by atoms with E-state index in [1.165, 1.54) is 38.3 Å². The quantitative estimate of drug-likeness (QED) is 0.710. The van der Waals surface area contributed by atoms with Crippen molar-refractivity contribution in [2.45, 2.75) is 40.2 Å². The van der Waals surface area contributed by atoms with E-state index in [2.05, 4.69) is 63.1 Å². The maximum absolute atomic E-state index is 4.18. The van der Waals surface area contributed by atoms with Crippen molar-refractivity contribution in [2.24, 2.45) is 11.8 Å². The van der Waals surface area contributed by atoms with Crippen LogP contribution in [-0.4, -0.2) is 67.6 Å². The molecule has 0 bridgehead atoms. The lowest BCUT2D eigenvalue weighted by molar-refractivity contribution is 0.0848. The predicted octanol–water partition coefficient (Wildman–Crippen LogP) is 2.75. The first kappa shape index (κ1) is 17.5. The van der Waals surface area contributed by atoms with Gasteiger partial charge in [0.1, 0.15) is 0 Å². The van der Waals surface area contributed by atoms with Crippen LogP contribution in [0.25, 0.3) is 0 Å². The molecule has 20 heavy (non-hydrogen) atoms. The number of piperazine rings is 1. The molecule has 0 amide bonds. The molecule has 0 N–H and O–H groups in total. The molecule has 1 aliphatic rings. The molecular weight excluding hydrogens is 246 g/mol. The predicted molar refractivity (Wildman–Crippen MR) is 88.9 cm³/mol. The van der Waals surface area contributed by atoms with Crippen molar-refractivity contribution < 1.29 is 0 Å². The highest BCUT2D eigenvalue weighted by Crippen LogP contribution is 2.16. The Bertz CT molecular complexity index is 301. The van der Waals surface area contributed by atoms with Gasteiger partial charge in [0.05, 0.1) is 0 Å². The number of nitrogens with zero attached hydrogens (tertiary/aromatic N) is 3. The Hall–Kier alpha value is -0.540. The van der Waals surface area contributed by atoms with E-state index in [0.717, 1.165) is 12.5 Å². The fourth-order valence-corrected chi connectivity index (χ4v) is 2.94. The average molecular weight is 281 g/mol. The number of likely N-dealkylation sites (N-methyl/N-ethyl adjacent to an activating group) is 1. The lowest BCUT2D eigenvalue weighted by Gasteiger charge is -2.39. The first-order chi connectivity index (χ1) is 9.31. The molecule has 0 saturated carbocycles. The molecule has 118 valence electrons. The third kappa shape index (κ3) is 5.45. The summed E-state index contributed by atoms with van der Waals surface area (Å²) < 4.78 is 0. The van der Waals surface area contributed by atoms with Crippen LogP contribution in [0.5, 0.6) is 0 Å². The van der Waals surface area contributed by atoms with E-state index in [1.807, 2.05) is 0 Å². The molecule has 0 aromatic heterocycles. The minimum absolute atomic E-state index is 0.549. The molecule has 3 heteroatoms. The van der Waals surface area contributed by atoms with Crippen LogP contribution in [0.4, 0.5) is 0 Å². The van der Waals surface area contributed by atoms with Gasteiger partial charge in [0.25, 0.3) is 0 Å². The fourth-order valence-electron chi connectivity index (χ4n) is 2.94. The molecule has 1 saturated heterocycles. The zero-order chi connectivity index (χ0) is 15.3. The number of allylic oxidation sites excluding steroid dienone is 1. The topological polar surface area (TPSA) is 9.72 Å². The number of hydrogen-bond donors (Lipinski definition) is 0. The number of hydrogen-bond acceptors (Lipinski definition) is 3. The Morgan fingerprint density at radius 2 is 1.95 bits per heavy atom. The van der Waals surface area contributed by atoms with E-state index in [0.29, 0.717) is 12.0 Å². The molecule has 1 fully saturated rings. The van der Waals surface area contributed by atoms with Crippen LogP contribution in [0.2, 0.25) is 0 Å². The van der Waals surface area contributed by atoms with Crippen LogP contribution in [0.1, 0.15) is 34.1 Å². The van der Waals surface area contributed by atoms with E-state index in [4.69, 9.17) is 0 Å². The summed E-state index contributed by atoms with van der Waals surface area (Å²) in [5, 5.41) is 0. The second-order valence-corrected chi connectivity index (χ2v) is 7.07. The molecule has 0 spiro atoms. The summed E-state index contributed by atoms with van der Waals surface area (Å²) in [5.41, 5.74) is 1.25. The van der Waals surface area contributed by atoms with Gasteiger partial charge < -0.3 is 9.80 Å². The van der Waals surface area contributed by atoms with E-state index in [1.54, 1.807) is 0 Å². The van der Waals surface area contributed by atoms with E-state index < -0.39 is 0 Å². The fraction of sp³-hybridized carbons (Fsp3) is 0.882. The SMILES string of the molecule is C=C(C(C)C)N(C)CCC(C)CN1CCN(C)CC1C. The molecule has 1 heterocycles. The van der Waals surface area contributed by atoms with Gasteiger partial charge in [-0.15, -0.1) is 0 Å². The molecule has 2 unspecified atom stereocenters. The molecule has 0 radical (unpaired) electrons. The summed E-state index contributed by atoms with van der Waals surface area (Å²) in [6.07, 6.45) is 1.25. The molecule has 0 aromatic rings. The zero-order valence-electron chi connectivity index (χ0n) is 14.5. The minimum atomic E-state index is 0.549. The normalized spacial score (nSPS) is 23.1. The smallest absolute Gasteiger partial charge is 0.0195 e. The van der Waals surface area contributed by atoms with Crippen LogP contribution in [-0.2, 0) is 0 Å². The monoisotopic (exact) mass is 281 g/mol. The van der Waals surface area contributed by atoms with Crippen LogP contribution in [0.3, 0.4) is 0 Å². The van der Waals surface area contributed by atoms with Gasteiger partial charge >= 0.3 is 0 Å². The molecule has 3 nitrogen and oxygen atoms in total. The van der Waals surface area contributed by atoms with Gasteiger partial charge in [-0.2, -0.15) is 0 Å². The number of rotatable bonds is 7. The van der Waals surface area contributed by atoms with Gasteiger partial charge in [-0.1, -0.05) is 27.4 Å². The summed E-state index contributed by atoms with van der Waals surface area (Å²) >= 11 is 0. The maximum Gasteiger partial charge on any atom is 0.0195 e. The summed E-state index contributed by atoms with van der Waals surface area (Å²) in [6.45, 7) is 19.3. The van der Waals surface area contributed by atoms with Crippen molar-refractivity contribution in [3.63, 3.8) is 0 Å². The first-order valence-electron chi connectivity index (χ1n) is 8.13. The van der Waals surface area contributed by atoms with Crippen molar-refractivity contribution in [1.29, 1.82) is 0 Å². The van der Waals surface area contributed by atoms with Crippen molar-refractivity contribution in [1.82, 2.24) is 14.7 Å². The van der Waals surface area contributed by atoms with Crippen LogP contribution in [0, 0.1) is 11.8 Å². The van der Waals surface area contributed by atoms with Gasteiger partial charge in [-0.25, -0.2) is 0 Å². The third-order valence-electron chi connectivity index (χ3n) is 4.63. The van der Waals surface area contributed by atoms with Crippen molar-refractivity contribution >= 4 is 0 Å². The Kier molecular flexibility index (Phi) is 7.04. The zero-order valence-corrected chi connectivity index (χ0v) is 14.5. The maximum atomic E-state index is 4.18. The summed E-state index contributed by atoms with van der Waals surface area (Å²) in [5.74, 6) is 1.30. The van der Waals surface area contributed by atoms with E-state index >= 15 is 0 Å². The molecule has 0 aromatic carbocycles. The lowest BCUT2D eigenvalue weighted by atomic mass is 10.0. The molecule has 1 rings (SSSR count). The van der Waals surface area contributed by atoms with Crippen LogP contribution < -0.4 is 0 Å². The van der Waals surface area contributed by atoms with Gasteiger partial charge in [0, 0.05) is 51.5 Å². The molecule has 1 aliphatic heterocycles. The third-order valence-corrected chi connectivity index (χ3v) is 4.63. The Balaban J connectivity index is 2.29. The minimum Gasteiger partial charge on any atom is -0.378 e. The van der Waals surface area contributed by atoms with Gasteiger partial charge in [0.15, 0.2) is 0 Å². The van der Waals surface area contributed by atoms with Crippen molar-refractivity contribution in [2.75, 3.05) is 46.8 Å². The second-order valence-electron chi connectivity index (χ2n) is 7.07. The Morgan fingerprint density at radius 1 is 1.30 bits per heavy atom. The summed E-state index contributed by atoms with van der Waals surface area (Å²) in [6, 6.07) is 0.694. The van der Waals surface area contributed by atoms with Crippen molar-refractivity contribution in [3.8, 4) is 0 Å². The molecule has 2 atom stereocenters. The Labute approximate surface area is 126 Å². The summed E-state index contributed by atoms with van der Waals surface area (Å²) in [7, 11) is 4.40. The highest BCUT2D eigenvalue weighted by Gasteiger charge is 2.22.